The quantitative estimate of drug-likeness (QED) is 0.833. The van der Waals surface area contributed by atoms with Crippen molar-refractivity contribution in [2.75, 3.05) is 26.7 Å². The molecule has 0 aromatic heterocycles. The molecular formula is C15H28N2O. The smallest absolute Gasteiger partial charge is 0.228 e. The van der Waals surface area contributed by atoms with Crippen molar-refractivity contribution in [2.45, 2.75) is 51.9 Å². The molecule has 1 aliphatic heterocycles. The van der Waals surface area contributed by atoms with Crippen LogP contribution >= 0.6 is 0 Å². The van der Waals surface area contributed by atoms with Gasteiger partial charge in [-0.25, -0.2) is 0 Å². The summed E-state index contributed by atoms with van der Waals surface area (Å²) in [6, 6.07) is 0. The average molecular weight is 252 g/mol. The fraction of sp³-hybridized carbons (Fsp3) is 0.933. The second-order valence-corrected chi connectivity index (χ2v) is 6.16. The number of likely N-dealkylation sites (tertiary alicyclic amines) is 1. The highest BCUT2D eigenvalue weighted by Gasteiger charge is 2.42. The Bertz CT molecular complexity index is 282. The van der Waals surface area contributed by atoms with E-state index in [4.69, 9.17) is 0 Å². The molecule has 0 bridgehead atoms. The normalized spacial score (nSPS) is 27.4. The van der Waals surface area contributed by atoms with Crippen LogP contribution in [0, 0.1) is 11.3 Å². The summed E-state index contributed by atoms with van der Waals surface area (Å²) in [5.74, 6) is 1.12. The SMILES string of the molecule is CCC1(C(=O)N2CCCC(CNC)C2)CCCC1. The van der Waals surface area contributed by atoms with Gasteiger partial charge in [0, 0.05) is 18.5 Å². The van der Waals surface area contributed by atoms with Crippen LogP contribution in [0.1, 0.15) is 51.9 Å². The van der Waals surface area contributed by atoms with Crippen LogP contribution in [0.4, 0.5) is 0 Å². The van der Waals surface area contributed by atoms with Crippen LogP contribution in [-0.4, -0.2) is 37.5 Å². The average Bonchev–Trinajstić information content (AvgIpc) is 2.88. The van der Waals surface area contributed by atoms with Crippen LogP contribution in [0.3, 0.4) is 0 Å². The molecule has 0 spiro atoms. The number of hydrogen-bond acceptors (Lipinski definition) is 2. The molecule has 1 heterocycles. The Morgan fingerprint density at radius 1 is 1.33 bits per heavy atom. The summed E-state index contributed by atoms with van der Waals surface area (Å²) in [5, 5.41) is 3.25. The molecule has 1 saturated heterocycles. The van der Waals surface area contributed by atoms with Crippen molar-refractivity contribution >= 4 is 5.91 Å². The minimum atomic E-state index is 0.00152. The van der Waals surface area contributed by atoms with Crippen molar-refractivity contribution in [3.8, 4) is 0 Å². The first-order valence-corrected chi connectivity index (χ1v) is 7.66. The van der Waals surface area contributed by atoms with Crippen molar-refractivity contribution in [3.63, 3.8) is 0 Å². The minimum Gasteiger partial charge on any atom is -0.342 e. The monoisotopic (exact) mass is 252 g/mol. The van der Waals surface area contributed by atoms with Gasteiger partial charge in [-0.15, -0.1) is 0 Å². The molecule has 2 rings (SSSR count). The van der Waals surface area contributed by atoms with Gasteiger partial charge in [-0.1, -0.05) is 19.8 Å². The number of amides is 1. The molecular weight excluding hydrogens is 224 g/mol. The highest BCUT2D eigenvalue weighted by molar-refractivity contribution is 5.83. The first-order valence-electron chi connectivity index (χ1n) is 7.66. The molecule has 1 aliphatic carbocycles. The van der Waals surface area contributed by atoms with Gasteiger partial charge in [-0.2, -0.15) is 0 Å². The molecule has 0 radical (unpaired) electrons. The lowest BCUT2D eigenvalue weighted by atomic mass is 9.81. The summed E-state index contributed by atoms with van der Waals surface area (Å²) in [6.07, 6.45) is 8.20. The molecule has 1 unspecified atom stereocenters. The Labute approximate surface area is 111 Å². The van der Waals surface area contributed by atoms with E-state index in [1.165, 1.54) is 25.7 Å². The Kier molecular flexibility index (Phi) is 4.66. The molecule has 2 aliphatic rings. The van der Waals surface area contributed by atoms with E-state index in [-0.39, 0.29) is 5.41 Å². The lowest BCUT2D eigenvalue weighted by molar-refractivity contribution is -0.144. The maximum atomic E-state index is 12.8. The Hall–Kier alpha value is -0.570. The van der Waals surface area contributed by atoms with Crippen LogP contribution in [0.25, 0.3) is 0 Å². The summed E-state index contributed by atoms with van der Waals surface area (Å²) in [6.45, 7) is 5.20. The van der Waals surface area contributed by atoms with Crippen molar-refractivity contribution in [1.82, 2.24) is 10.2 Å². The lowest BCUT2D eigenvalue weighted by Gasteiger charge is -2.38. The number of hydrogen-bond donors (Lipinski definition) is 1. The summed E-state index contributed by atoms with van der Waals surface area (Å²) in [5.41, 5.74) is 0.00152. The fourth-order valence-electron chi connectivity index (χ4n) is 3.81. The van der Waals surface area contributed by atoms with Crippen LogP contribution in [0.5, 0.6) is 0 Å². The van der Waals surface area contributed by atoms with Crippen LogP contribution in [0.15, 0.2) is 0 Å². The molecule has 2 fully saturated rings. The zero-order valence-corrected chi connectivity index (χ0v) is 12.0. The van der Waals surface area contributed by atoms with E-state index in [0.717, 1.165) is 38.9 Å². The van der Waals surface area contributed by atoms with E-state index in [2.05, 4.69) is 17.1 Å². The van der Waals surface area contributed by atoms with E-state index in [9.17, 15) is 4.79 Å². The molecule has 1 atom stereocenters. The van der Waals surface area contributed by atoms with Gasteiger partial charge >= 0.3 is 0 Å². The van der Waals surface area contributed by atoms with E-state index in [1.54, 1.807) is 0 Å². The minimum absolute atomic E-state index is 0.00152. The Morgan fingerprint density at radius 3 is 2.67 bits per heavy atom. The molecule has 3 heteroatoms. The highest BCUT2D eigenvalue weighted by Crippen LogP contribution is 2.43. The number of nitrogens with one attached hydrogen (secondary N) is 1. The number of carbonyl (C=O) groups is 1. The van der Waals surface area contributed by atoms with Crippen LogP contribution in [0.2, 0.25) is 0 Å². The van der Waals surface area contributed by atoms with Gasteiger partial charge in [-0.3, -0.25) is 4.79 Å². The van der Waals surface area contributed by atoms with Gasteiger partial charge in [-0.05, 0) is 51.6 Å². The van der Waals surface area contributed by atoms with E-state index < -0.39 is 0 Å². The van der Waals surface area contributed by atoms with Crippen molar-refractivity contribution < 1.29 is 4.79 Å². The van der Waals surface area contributed by atoms with E-state index >= 15 is 0 Å². The van der Waals surface area contributed by atoms with Gasteiger partial charge in [0.2, 0.25) is 5.91 Å². The van der Waals surface area contributed by atoms with Gasteiger partial charge in [0.15, 0.2) is 0 Å². The third kappa shape index (κ3) is 2.71. The lowest BCUT2D eigenvalue weighted by Crippen LogP contribution is -2.48. The van der Waals surface area contributed by atoms with Crippen molar-refractivity contribution in [3.05, 3.63) is 0 Å². The molecule has 3 nitrogen and oxygen atoms in total. The van der Waals surface area contributed by atoms with E-state index in [1.807, 2.05) is 7.05 Å². The number of nitrogens with zero attached hydrogens (tertiary/aromatic N) is 1. The molecule has 0 aromatic rings. The fourth-order valence-corrected chi connectivity index (χ4v) is 3.81. The van der Waals surface area contributed by atoms with Crippen molar-refractivity contribution in [2.24, 2.45) is 11.3 Å². The molecule has 1 saturated carbocycles. The molecule has 104 valence electrons. The zero-order chi connectivity index (χ0) is 13.0. The molecule has 18 heavy (non-hydrogen) atoms. The van der Waals surface area contributed by atoms with Crippen LogP contribution in [-0.2, 0) is 4.79 Å². The first kappa shape index (κ1) is 13.9. The van der Waals surface area contributed by atoms with Gasteiger partial charge < -0.3 is 10.2 Å². The van der Waals surface area contributed by atoms with E-state index in [0.29, 0.717) is 11.8 Å². The number of carbonyl (C=O) groups excluding carboxylic acids is 1. The van der Waals surface area contributed by atoms with Gasteiger partial charge in [0.1, 0.15) is 0 Å². The third-order valence-corrected chi connectivity index (χ3v) is 4.99. The second kappa shape index (κ2) is 6.05. The first-order chi connectivity index (χ1) is 8.72. The van der Waals surface area contributed by atoms with Crippen LogP contribution < -0.4 is 5.32 Å². The summed E-state index contributed by atoms with van der Waals surface area (Å²) >= 11 is 0. The highest BCUT2D eigenvalue weighted by atomic mass is 16.2. The third-order valence-electron chi connectivity index (χ3n) is 4.99. The number of rotatable bonds is 4. The zero-order valence-electron chi connectivity index (χ0n) is 12.0. The topological polar surface area (TPSA) is 32.3 Å². The Balaban J connectivity index is 1.99. The maximum absolute atomic E-state index is 12.8. The maximum Gasteiger partial charge on any atom is 0.228 e. The largest absolute Gasteiger partial charge is 0.342 e. The Morgan fingerprint density at radius 2 is 2.06 bits per heavy atom. The molecule has 1 amide bonds. The summed E-state index contributed by atoms with van der Waals surface area (Å²) in [7, 11) is 2.01. The second-order valence-electron chi connectivity index (χ2n) is 6.16. The molecule has 1 N–H and O–H groups in total. The van der Waals surface area contributed by atoms with Gasteiger partial charge in [0.25, 0.3) is 0 Å². The predicted molar refractivity (Wildman–Crippen MR) is 74.4 cm³/mol. The predicted octanol–water partition coefficient (Wildman–Crippen LogP) is 2.41. The number of piperidine rings is 1. The summed E-state index contributed by atoms with van der Waals surface area (Å²) < 4.78 is 0. The van der Waals surface area contributed by atoms with Crippen molar-refractivity contribution in [1.29, 1.82) is 0 Å². The standard InChI is InChI=1S/C15H28N2O/c1-3-15(8-4-5-9-15)14(18)17-10-6-7-13(12-17)11-16-2/h13,16H,3-12H2,1-2H3. The van der Waals surface area contributed by atoms with Gasteiger partial charge in [0.05, 0.1) is 0 Å². The molecule has 0 aromatic carbocycles. The summed E-state index contributed by atoms with van der Waals surface area (Å²) in [4.78, 5) is 15.0.